The maximum atomic E-state index is 12.3. The van der Waals surface area contributed by atoms with Gasteiger partial charge < -0.3 is 15.2 Å². The van der Waals surface area contributed by atoms with E-state index in [1.807, 2.05) is 50.2 Å². The predicted octanol–water partition coefficient (Wildman–Crippen LogP) is 3.15. The van der Waals surface area contributed by atoms with Crippen LogP contribution in [0.5, 0.6) is 0 Å². The van der Waals surface area contributed by atoms with Crippen LogP contribution in [0.2, 0.25) is 0 Å². The lowest BCUT2D eigenvalue weighted by Crippen LogP contribution is -2.40. The summed E-state index contributed by atoms with van der Waals surface area (Å²) in [4.78, 5) is 23.9. The van der Waals surface area contributed by atoms with Gasteiger partial charge in [0.1, 0.15) is 6.10 Å². The van der Waals surface area contributed by atoms with E-state index in [1.165, 1.54) is 0 Å². The number of carboxylic acid groups (broad SMARTS) is 1. The largest absolute Gasteiger partial charge is 0.479 e. The van der Waals surface area contributed by atoms with Crippen molar-refractivity contribution in [1.82, 2.24) is 5.32 Å². The van der Waals surface area contributed by atoms with E-state index in [1.54, 1.807) is 19.1 Å². The Kier molecular flexibility index (Phi) is 6.31. The minimum absolute atomic E-state index is 0.288. The van der Waals surface area contributed by atoms with E-state index in [0.29, 0.717) is 5.56 Å². The zero-order valence-corrected chi connectivity index (χ0v) is 14.7. The molecule has 0 spiro atoms. The van der Waals surface area contributed by atoms with Crippen LogP contribution in [-0.2, 0) is 20.9 Å². The van der Waals surface area contributed by atoms with Gasteiger partial charge in [0.2, 0.25) is 5.91 Å². The lowest BCUT2D eigenvalue weighted by molar-refractivity contribution is -0.144. The van der Waals surface area contributed by atoms with Gasteiger partial charge in [-0.15, -0.1) is 0 Å². The second kappa shape index (κ2) is 8.44. The quantitative estimate of drug-likeness (QED) is 0.811. The molecule has 0 saturated heterocycles. The van der Waals surface area contributed by atoms with E-state index >= 15 is 0 Å². The third kappa shape index (κ3) is 5.16. The Morgan fingerprint density at radius 3 is 2.36 bits per heavy atom. The summed E-state index contributed by atoms with van der Waals surface area (Å²) < 4.78 is 5.54. The molecule has 0 aliphatic rings. The summed E-state index contributed by atoms with van der Waals surface area (Å²) in [5.41, 5.74) is 3.54. The van der Waals surface area contributed by atoms with E-state index in [4.69, 9.17) is 4.74 Å². The number of rotatable bonds is 7. The van der Waals surface area contributed by atoms with Crippen LogP contribution < -0.4 is 5.32 Å². The number of carbonyl (C=O) groups excluding carboxylic acids is 1. The highest BCUT2D eigenvalue weighted by Crippen LogP contribution is 2.18. The zero-order chi connectivity index (χ0) is 18.4. The van der Waals surface area contributed by atoms with Crippen molar-refractivity contribution in [3.05, 3.63) is 70.8 Å². The topological polar surface area (TPSA) is 75.6 Å². The second-order valence-corrected chi connectivity index (χ2v) is 6.06. The molecule has 0 radical (unpaired) electrons. The van der Waals surface area contributed by atoms with Gasteiger partial charge in [0.25, 0.3) is 0 Å². The van der Waals surface area contributed by atoms with Crippen LogP contribution in [0, 0.1) is 13.8 Å². The average molecular weight is 341 g/mol. The van der Waals surface area contributed by atoms with Crippen LogP contribution in [0.3, 0.4) is 0 Å². The van der Waals surface area contributed by atoms with Crippen LogP contribution in [-0.4, -0.2) is 23.1 Å². The summed E-state index contributed by atoms with van der Waals surface area (Å²) in [6.45, 7) is 5.76. The predicted molar refractivity (Wildman–Crippen MR) is 95.1 cm³/mol. The van der Waals surface area contributed by atoms with Gasteiger partial charge in [0.05, 0.1) is 6.61 Å². The van der Waals surface area contributed by atoms with Gasteiger partial charge in [-0.2, -0.15) is 0 Å². The Hall–Kier alpha value is -2.66. The van der Waals surface area contributed by atoms with Crippen LogP contribution in [0.1, 0.15) is 35.2 Å². The van der Waals surface area contributed by atoms with Gasteiger partial charge in [0.15, 0.2) is 6.04 Å². The van der Waals surface area contributed by atoms with Crippen molar-refractivity contribution in [1.29, 1.82) is 0 Å². The minimum Gasteiger partial charge on any atom is -0.479 e. The number of amides is 1. The smallest absolute Gasteiger partial charge is 0.330 e. The van der Waals surface area contributed by atoms with Gasteiger partial charge in [0, 0.05) is 0 Å². The van der Waals surface area contributed by atoms with Crippen molar-refractivity contribution in [2.24, 2.45) is 0 Å². The molecule has 25 heavy (non-hydrogen) atoms. The molecule has 0 aliphatic heterocycles. The second-order valence-electron chi connectivity index (χ2n) is 6.06. The lowest BCUT2D eigenvalue weighted by atomic mass is 10.0. The highest BCUT2D eigenvalue weighted by Gasteiger charge is 2.25. The molecule has 5 heteroatoms. The van der Waals surface area contributed by atoms with Crippen molar-refractivity contribution < 1.29 is 19.4 Å². The molecule has 2 rings (SSSR count). The van der Waals surface area contributed by atoms with Crippen molar-refractivity contribution >= 4 is 11.9 Å². The molecule has 0 aromatic heterocycles. The average Bonchev–Trinajstić information content (AvgIpc) is 2.60. The number of nitrogens with one attached hydrogen (secondary N) is 1. The number of aliphatic carboxylic acids is 1. The number of aryl methyl sites for hydroxylation is 2. The molecule has 2 atom stereocenters. The van der Waals surface area contributed by atoms with Crippen molar-refractivity contribution in [3.63, 3.8) is 0 Å². The van der Waals surface area contributed by atoms with Gasteiger partial charge in [-0.25, -0.2) is 4.79 Å². The molecular weight excluding hydrogens is 318 g/mol. The molecular formula is C20H23NO4. The normalized spacial score (nSPS) is 13.1. The van der Waals surface area contributed by atoms with Gasteiger partial charge >= 0.3 is 5.97 Å². The Morgan fingerprint density at radius 2 is 1.76 bits per heavy atom. The van der Waals surface area contributed by atoms with Crippen molar-refractivity contribution in [2.45, 2.75) is 39.5 Å². The first kappa shape index (κ1) is 18.7. The molecule has 2 aromatic carbocycles. The van der Waals surface area contributed by atoms with E-state index in [2.05, 4.69) is 5.32 Å². The van der Waals surface area contributed by atoms with Crippen molar-refractivity contribution in [2.75, 3.05) is 0 Å². The summed E-state index contributed by atoms with van der Waals surface area (Å²) in [6, 6.07) is 13.7. The van der Waals surface area contributed by atoms with Crippen LogP contribution in [0.15, 0.2) is 48.5 Å². The number of carboxylic acids is 1. The van der Waals surface area contributed by atoms with E-state index in [9.17, 15) is 14.7 Å². The standard InChI is InChI=1S/C20H23NO4/c1-13-9-10-17(11-14(13)2)18(20(23)24)21-19(22)15(3)25-12-16-7-5-4-6-8-16/h4-11,15,18H,12H2,1-3H3,(H,21,22)(H,23,24). The summed E-state index contributed by atoms with van der Waals surface area (Å²) in [6.07, 6.45) is -0.756. The SMILES string of the molecule is Cc1ccc(C(NC(=O)C(C)OCc2ccccc2)C(=O)O)cc1C. The lowest BCUT2D eigenvalue weighted by Gasteiger charge is -2.19. The van der Waals surface area contributed by atoms with Gasteiger partial charge in [-0.3, -0.25) is 4.79 Å². The molecule has 5 nitrogen and oxygen atoms in total. The molecule has 1 amide bonds. The number of benzene rings is 2. The molecule has 2 N–H and O–H groups in total. The summed E-state index contributed by atoms with van der Waals surface area (Å²) in [5, 5.41) is 12.0. The fourth-order valence-electron chi connectivity index (χ4n) is 2.36. The number of hydrogen-bond donors (Lipinski definition) is 2. The highest BCUT2D eigenvalue weighted by molar-refractivity contribution is 5.86. The molecule has 0 fully saturated rings. The zero-order valence-electron chi connectivity index (χ0n) is 14.7. The summed E-state index contributed by atoms with van der Waals surface area (Å²) in [5.74, 6) is -1.56. The Bertz CT molecular complexity index is 743. The number of hydrogen-bond acceptors (Lipinski definition) is 3. The first-order valence-electron chi connectivity index (χ1n) is 8.14. The molecule has 0 heterocycles. The number of carbonyl (C=O) groups is 2. The third-order valence-electron chi connectivity index (χ3n) is 4.11. The van der Waals surface area contributed by atoms with Gasteiger partial charge in [-0.05, 0) is 43.0 Å². The Morgan fingerprint density at radius 1 is 1.08 bits per heavy atom. The molecule has 0 aliphatic carbocycles. The van der Waals surface area contributed by atoms with Crippen LogP contribution in [0.25, 0.3) is 0 Å². The van der Waals surface area contributed by atoms with Gasteiger partial charge in [-0.1, -0.05) is 48.5 Å². The highest BCUT2D eigenvalue weighted by atomic mass is 16.5. The van der Waals surface area contributed by atoms with E-state index in [-0.39, 0.29) is 6.61 Å². The Labute approximate surface area is 147 Å². The molecule has 0 saturated carbocycles. The van der Waals surface area contributed by atoms with Crippen LogP contribution in [0.4, 0.5) is 0 Å². The Balaban J connectivity index is 2.01. The molecule has 2 aromatic rings. The van der Waals surface area contributed by atoms with Crippen molar-refractivity contribution in [3.8, 4) is 0 Å². The molecule has 0 bridgehead atoms. The molecule has 132 valence electrons. The third-order valence-corrected chi connectivity index (χ3v) is 4.11. The first-order chi connectivity index (χ1) is 11.9. The fourth-order valence-corrected chi connectivity index (χ4v) is 2.36. The first-order valence-corrected chi connectivity index (χ1v) is 8.14. The maximum absolute atomic E-state index is 12.3. The minimum atomic E-state index is -1.10. The monoisotopic (exact) mass is 341 g/mol. The van der Waals surface area contributed by atoms with Crippen LogP contribution >= 0.6 is 0 Å². The summed E-state index contributed by atoms with van der Waals surface area (Å²) >= 11 is 0. The number of ether oxygens (including phenoxy) is 1. The molecule has 2 unspecified atom stereocenters. The summed E-state index contributed by atoms with van der Waals surface area (Å²) in [7, 11) is 0. The van der Waals surface area contributed by atoms with E-state index in [0.717, 1.165) is 16.7 Å². The fraction of sp³-hybridized carbons (Fsp3) is 0.300. The van der Waals surface area contributed by atoms with E-state index < -0.39 is 24.0 Å². The maximum Gasteiger partial charge on any atom is 0.330 e.